The average molecular weight is 524 g/mol. The highest BCUT2D eigenvalue weighted by atomic mass is 16.5. The molecule has 0 saturated carbocycles. The number of carbonyl (C=O) groups excluding carboxylic acids is 1. The van der Waals surface area contributed by atoms with Crippen molar-refractivity contribution >= 4 is 5.91 Å². The van der Waals surface area contributed by atoms with Crippen LogP contribution in [0.1, 0.15) is 27.5 Å². The number of hydrogen-bond donors (Lipinski definition) is 0. The van der Waals surface area contributed by atoms with Crippen LogP contribution in [0.4, 0.5) is 0 Å². The van der Waals surface area contributed by atoms with Crippen molar-refractivity contribution in [3.63, 3.8) is 0 Å². The highest BCUT2D eigenvalue weighted by molar-refractivity contribution is 5.96. The number of benzene rings is 3. The number of methoxy groups -OCH3 is 6. The summed E-state index contributed by atoms with van der Waals surface area (Å²) >= 11 is 0. The van der Waals surface area contributed by atoms with Crippen LogP contribution in [0.25, 0.3) is 0 Å². The van der Waals surface area contributed by atoms with Gasteiger partial charge in [-0.05, 0) is 53.9 Å². The van der Waals surface area contributed by atoms with Gasteiger partial charge in [0, 0.05) is 12.1 Å². The van der Waals surface area contributed by atoms with Crippen LogP contribution in [0.5, 0.6) is 40.2 Å². The van der Waals surface area contributed by atoms with Gasteiger partial charge in [0.1, 0.15) is 6.61 Å². The van der Waals surface area contributed by atoms with E-state index >= 15 is 0 Å². The zero-order chi connectivity index (χ0) is 27.2. The fraction of sp³-hybridized carbons (Fsp3) is 0.345. The average Bonchev–Trinajstić information content (AvgIpc) is 2.97. The molecule has 1 amide bonds. The van der Waals surface area contributed by atoms with E-state index in [0.717, 1.165) is 11.1 Å². The predicted molar refractivity (Wildman–Crippen MR) is 142 cm³/mol. The van der Waals surface area contributed by atoms with Crippen LogP contribution < -0.4 is 33.2 Å². The van der Waals surface area contributed by atoms with Gasteiger partial charge in [0.25, 0.3) is 5.91 Å². The Morgan fingerprint density at radius 3 is 1.89 bits per heavy atom. The molecule has 0 fully saturated rings. The van der Waals surface area contributed by atoms with E-state index < -0.39 is 6.04 Å². The van der Waals surface area contributed by atoms with E-state index in [1.54, 1.807) is 38.4 Å². The number of hydrogen-bond acceptors (Lipinski definition) is 8. The summed E-state index contributed by atoms with van der Waals surface area (Å²) in [6, 6.07) is 14.2. The monoisotopic (exact) mass is 523 g/mol. The van der Waals surface area contributed by atoms with Crippen molar-refractivity contribution < 1.29 is 38.0 Å². The Morgan fingerprint density at radius 1 is 0.737 bits per heavy atom. The molecule has 0 saturated heterocycles. The Balaban J connectivity index is 1.76. The summed E-state index contributed by atoms with van der Waals surface area (Å²) in [6.45, 7) is 0.664. The number of fused-ring (bicyclic) bond motifs is 1. The third kappa shape index (κ3) is 5.09. The SMILES string of the molecule is COc1cc2c(cc1OC)C(COc1ccccc1OC)N(C(=O)c1cc(OC)c(OC)c(OC)c1)CC2. The van der Waals surface area contributed by atoms with Gasteiger partial charge in [-0.15, -0.1) is 0 Å². The van der Waals surface area contributed by atoms with Crippen molar-refractivity contribution in [2.45, 2.75) is 12.5 Å². The fourth-order valence-electron chi connectivity index (χ4n) is 4.73. The van der Waals surface area contributed by atoms with E-state index in [2.05, 4.69) is 0 Å². The molecule has 0 bridgehead atoms. The van der Waals surface area contributed by atoms with E-state index in [9.17, 15) is 4.79 Å². The van der Waals surface area contributed by atoms with Gasteiger partial charge in [0.2, 0.25) is 5.75 Å². The van der Waals surface area contributed by atoms with Gasteiger partial charge in [-0.2, -0.15) is 0 Å². The first-order chi connectivity index (χ1) is 18.5. The van der Waals surface area contributed by atoms with Crippen molar-refractivity contribution in [3.8, 4) is 40.2 Å². The van der Waals surface area contributed by atoms with Crippen LogP contribution in [0, 0.1) is 0 Å². The lowest BCUT2D eigenvalue weighted by Crippen LogP contribution is -2.42. The summed E-state index contributed by atoms with van der Waals surface area (Å²) in [5, 5.41) is 0. The van der Waals surface area contributed by atoms with Gasteiger partial charge in [-0.3, -0.25) is 4.79 Å². The zero-order valence-electron chi connectivity index (χ0n) is 22.5. The van der Waals surface area contributed by atoms with Gasteiger partial charge in [-0.25, -0.2) is 0 Å². The lowest BCUT2D eigenvalue weighted by molar-refractivity contribution is 0.0586. The second-order valence-corrected chi connectivity index (χ2v) is 8.55. The smallest absolute Gasteiger partial charge is 0.254 e. The third-order valence-corrected chi connectivity index (χ3v) is 6.64. The molecule has 0 radical (unpaired) electrons. The van der Waals surface area contributed by atoms with Crippen molar-refractivity contribution in [3.05, 3.63) is 65.2 Å². The van der Waals surface area contributed by atoms with Gasteiger partial charge < -0.3 is 38.1 Å². The molecular weight excluding hydrogens is 490 g/mol. The first-order valence-electron chi connectivity index (χ1n) is 12.1. The van der Waals surface area contributed by atoms with E-state index in [4.69, 9.17) is 33.2 Å². The van der Waals surface area contributed by atoms with E-state index in [1.165, 1.54) is 21.3 Å². The minimum Gasteiger partial charge on any atom is -0.493 e. The summed E-state index contributed by atoms with van der Waals surface area (Å²) in [5.41, 5.74) is 2.39. The first-order valence-corrected chi connectivity index (χ1v) is 12.1. The van der Waals surface area contributed by atoms with Gasteiger partial charge in [0.05, 0.1) is 48.7 Å². The molecule has 3 aromatic carbocycles. The molecular formula is C29H33NO8. The van der Waals surface area contributed by atoms with Crippen LogP contribution >= 0.6 is 0 Å². The Kier molecular flexibility index (Phi) is 8.35. The van der Waals surface area contributed by atoms with Crippen molar-refractivity contribution in [1.82, 2.24) is 4.90 Å². The van der Waals surface area contributed by atoms with E-state index in [0.29, 0.717) is 58.8 Å². The molecule has 1 unspecified atom stereocenters. The van der Waals surface area contributed by atoms with Crippen LogP contribution in [0.15, 0.2) is 48.5 Å². The number of para-hydroxylation sites is 2. The molecule has 9 nitrogen and oxygen atoms in total. The molecule has 0 aliphatic carbocycles. The lowest BCUT2D eigenvalue weighted by Gasteiger charge is -2.38. The quantitative estimate of drug-likeness (QED) is 0.383. The molecule has 38 heavy (non-hydrogen) atoms. The maximum atomic E-state index is 14.0. The second kappa shape index (κ2) is 11.9. The summed E-state index contributed by atoms with van der Waals surface area (Å²) < 4.78 is 39.2. The Labute approximate surface area is 222 Å². The number of ether oxygens (including phenoxy) is 7. The van der Waals surface area contributed by atoms with Crippen molar-refractivity contribution in [2.24, 2.45) is 0 Å². The van der Waals surface area contributed by atoms with Crippen LogP contribution in [-0.2, 0) is 6.42 Å². The Morgan fingerprint density at radius 2 is 1.32 bits per heavy atom. The summed E-state index contributed by atoms with van der Waals surface area (Å²) in [6.07, 6.45) is 0.636. The van der Waals surface area contributed by atoms with E-state index in [-0.39, 0.29) is 12.5 Å². The minimum atomic E-state index is -0.421. The summed E-state index contributed by atoms with van der Waals surface area (Å²) in [4.78, 5) is 15.8. The highest BCUT2D eigenvalue weighted by Crippen LogP contribution is 2.42. The molecule has 1 aliphatic rings. The Hall–Kier alpha value is -4.27. The number of carbonyl (C=O) groups is 1. The molecule has 3 aromatic rings. The standard InChI is InChI=1S/C29H33NO8/c1-32-22-9-7-8-10-23(22)38-17-21-20-16-25(34-3)24(33-2)13-18(20)11-12-30(21)29(31)19-14-26(35-4)28(37-6)27(15-19)36-5/h7-10,13-16,21H,11-12,17H2,1-6H3. The van der Waals surface area contributed by atoms with Gasteiger partial charge >= 0.3 is 0 Å². The molecule has 1 aliphatic heterocycles. The normalized spacial score (nSPS) is 14.3. The van der Waals surface area contributed by atoms with Crippen LogP contribution in [-0.4, -0.2) is 66.6 Å². The van der Waals surface area contributed by atoms with Crippen LogP contribution in [0.3, 0.4) is 0 Å². The number of rotatable bonds is 10. The second-order valence-electron chi connectivity index (χ2n) is 8.55. The highest BCUT2D eigenvalue weighted by Gasteiger charge is 2.34. The molecule has 0 N–H and O–H groups in total. The third-order valence-electron chi connectivity index (χ3n) is 6.64. The Bertz CT molecular complexity index is 1270. The first kappa shape index (κ1) is 26.8. The fourth-order valence-corrected chi connectivity index (χ4v) is 4.73. The summed E-state index contributed by atoms with van der Waals surface area (Å²) in [7, 11) is 9.35. The molecule has 0 spiro atoms. The molecule has 202 valence electrons. The maximum Gasteiger partial charge on any atom is 0.254 e. The number of amides is 1. The maximum absolute atomic E-state index is 14.0. The lowest BCUT2D eigenvalue weighted by atomic mass is 9.91. The molecule has 9 heteroatoms. The van der Waals surface area contributed by atoms with Gasteiger partial charge in [-0.1, -0.05) is 12.1 Å². The largest absolute Gasteiger partial charge is 0.493 e. The van der Waals surface area contributed by atoms with E-state index in [1.807, 2.05) is 36.4 Å². The van der Waals surface area contributed by atoms with Crippen LogP contribution in [0.2, 0.25) is 0 Å². The minimum absolute atomic E-state index is 0.193. The van der Waals surface area contributed by atoms with Gasteiger partial charge in [0.15, 0.2) is 34.5 Å². The molecule has 1 atom stereocenters. The molecule has 0 aromatic heterocycles. The van der Waals surface area contributed by atoms with Crippen molar-refractivity contribution in [2.75, 3.05) is 55.8 Å². The predicted octanol–water partition coefficient (Wildman–Crippen LogP) is 4.56. The summed E-state index contributed by atoms with van der Waals surface area (Å²) in [5.74, 6) is 3.44. The molecule has 4 rings (SSSR count). The zero-order valence-corrected chi connectivity index (χ0v) is 22.5. The molecule has 1 heterocycles. The van der Waals surface area contributed by atoms with Crippen molar-refractivity contribution in [1.29, 1.82) is 0 Å². The topological polar surface area (TPSA) is 84.9 Å². The number of nitrogens with zero attached hydrogens (tertiary/aromatic N) is 1.